The van der Waals surface area contributed by atoms with Crippen molar-refractivity contribution >= 4 is 35.3 Å². The molecule has 7 nitrogen and oxygen atoms in total. The molecule has 0 saturated heterocycles. The molecule has 1 aliphatic heterocycles. The number of amides is 2. The summed E-state index contributed by atoms with van der Waals surface area (Å²) >= 11 is 6.50. The van der Waals surface area contributed by atoms with E-state index in [-0.39, 0.29) is 19.6 Å². The average Bonchev–Trinajstić information content (AvgIpc) is 2.65. The zero-order valence-corrected chi connectivity index (χ0v) is 16.7. The number of carbonyl (C=O) groups is 3. The van der Waals surface area contributed by atoms with E-state index < -0.39 is 35.0 Å². The smallest absolute Gasteiger partial charge is 0.408 e. The first-order valence-electron chi connectivity index (χ1n) is 8.82. The van der Waals surface area contributed by atoms with Gasteiger partial charge in [-0.25, -0.2) is 4.79 Å². The lowest BCUT2D eigenvalue weighted by Crippen LogP contribution is -2.50. The number of halogens is 1. The summed E-state index contributed by atoms with van der Waals surface area (Å²) in [7, 11) is 0. The lowest BCUT2D eigenvalue weighted by atomic mass is 10.1. The number of alkyl halides is 1. The highest BCUT2D eigenvalue weighted by atomic mass is 35.5. The van der Waals surface area contributed by atoms with E-state index >= 15 is 0 Å². The molecule has 1 N–H and O–H groups in total. The maximum atomic E-state index is 13.1. The third-order valence-electron chi connectivity index (χ3n) is 3.86. The second kappa shape index (κ2) is 8.61. The van der Waals surface area contributed by atoms with Gasteiger partial charge >= 0.3 is 12.1 Å². The van der Waals surface area contributed by atoms with Crippen LogP contribution in [0.3, 0.4) is 0 Å². The fourth-order valence-corrected chi connectivity index (χ4v) is 3.17. The molecule has 1 aromatic rings. The van der Waals surface area contributed by atoms with E-state index in [1.807, 2.05) is 6.07 Å². The Bertz CT molecular complexity index is 716. The number of rotatable bonds is 4. The summed E-state index contributed by atoms with van der Waals surface area (Å²) in [5, 5.41) is 2.06. The highest BCUT2D eigenvalue weighted by molar-refractivity contribution is 6.22. The average molecular weight is 397 g/mol. The van der Waals surface area contributed by atoms with Crippen molar-refractivity contribution in [2.45, 2.75) is 51.1 Å². The summed E-state index contributed by atoms with van der Waals surface area (Å²) in [6.45, 7) is 6.83. The number of ether oxygens (including phenoxy) is 2. The number of nitrogens with zero attached hydrogens (tertiary/aromatic N) is 1. The molecule has 0 bridgehead atoms. The van der Waals surface area contributed by atoms with Gasteiger partial charge < -0.3 is 14.8 Å². The van der Waals surface area contributed by atoms with Crippen LogP contribution >= 0.6 is 11.6 Å². The minimum absolute atomic E-state index is 0.177. The maximum Gasteiger partial charge on any atom is 0.408 e. The summed E-state index contributed by atoms with van der Waals surface area (Å²) < 4.78 is 10.2. The van der Waals surface area contributed by atoms with Crippen molar-refractivity contribution in [2.24, 2.45) is 0 Å². The number of anilines is 1. The van der Waals surface area contributed by atoms with Crippen LogP contribution in [0.5, 0.6) is 0 Å². The number of carbonyl (C=O) groups excluding carboxylic acids is 3. The van der Waals surface area contributed by atoms with Crippen molar-refractivity contribution < 1.29 is 23.9 Å². The number of nitrogens with one attached hydrogen (secondary N) is 1. The molecule has 0 saturated carbocycles. The maximum absolute atomic E-state index is 13.1. The summed E-state index contributed by atoms with van der Waals surface area (Å²) in [4.78, 5) is 38.6. The predicted molar refractivity (Wildman–Crippen MR) is 102 cm³/mol. The summed E-state index contributed by atoms with van der Waals surface area (Å²) in [5.74, 6) is -0.978. The normalized spacial score (nSPS) is 19.7. The zero-order valence-electron chi connectivity index (χ0n) is 16.0. The van der Waals surface area contributed by atoms with E-state index in [2.05, 4.69) is 5.32 Å². The Morgan fingerprint density at radius 1 is 1.30 bits per heavy atom. The van der Waals surface area contributed by atoms with E-state index in [1.54, 1.807) is 45.9 Å². The van der Waals surface area contributed by atoms with E-state index in [0.29, 0.717) is 11.3 Å². The number of para-hydroxylation sites is 1. The lowest BCUT2D eigenvalue weighted by molar-refractivity contribution is -0.142. The molecular weight excluding hydrogens is 372 g/mol. The van der Waals surface area contributed by atoms with Gasteiger partial charge in [0.05, 0.1) is 12.0 Å². The molecule has 0 aliphatic carbocycles. The topological polar surface area (TPSA) is 84.9 Å². The van der Waals surface area contributed by atoms with E-state index in [9.17, 15) is 14.4 Å². The van der Waals surface area contributed by atoms with Crippen LogP contribution in [0, 0.1) is 0 Å². The molecule has 2 amide bonds. The molecule has 1 aromatic carbocycles. The fourth-order valence-electron chi connectivity index (χ4n) is 2.81. The Balaban J connectivity index is 2.31. The van der Waals surface area contributed by atoms with Crippen molar-refractivity contribution in [1.29, 1.82) is 0 Å². The van der Waals surface area contributed by atoms with Gasteiger partial charge in [-0.05, 0) is 45.7 Å². The van der Waals surface area contributed by atoms with Crippen LogP contribution in [0.15, 0.2) is 24.3 Å². The minimum Gasteiger partial charge on any atom is -0.465 e. The van der Waals surface area contributed by atoms with Gasteiger partial charge in [-0.3, -0.25) is 14.5 Å². The Kier molecular flexibility index (Phi) is 6.70. The molecule has 2 atom stereocenters. The molecule has 0 radical (unpaired) electrons. The Morgan fingerprint density at radius 2 is 1.96 bits per heavy atom. The van der Waals surface area contributed by atoms with Crippen molar-refractivity contribution in [2.75, 3.05) is 18.1 Å². The van der Waals surface area contributed by atoms with Crippen LogP contribution < -0.4 is 10.2 Å². The van der Waals surface area contributed by atoms with Crippen LogP contribution in [0.1, 0.15) is 45.1 Å². The predicted octanol–water partition coefficient (Wildman–Crippen LogP) is 3.16. The molecular formula is C19H25ClN2O5. The van der Waals surface area contributed by atoms with Gasteiger partial charge in [0.1, 0.15) is 18.2 Å². The molecule has 1 unspecified atom stereocenters. The van der Waals surface area contributed by atoms with Crippen LogP contribution in [-0.2, 0) is 19.1 Å². The first-order valence-corrected chi connectivity index (χ1v) is 9.25. The molecule has 1 aliphatic rings. The SMILES string of the molecule is CCOC(=O)CN1C(=O)[C@@H](NC(=O)OC(C)(C)C)CC(Cl)c2ccccc21. The fraction of sp³-hybridized carbons (Fsp3) is 0.526. The van der Waals surface area contributed by atoms with Gasteiger partial charge in [-0.1, -0.05) is 18.2 Å². The van der Waals surface area contributed by atoms with E-state index in [0.717, 1.165) is 0 Å². The third kappa shape index (κ3) is 5.60. The number of alkyl carbamates (subject to hydrolysis) is 1. The summed E-state index contributed by atoms with van der Waals surface area (Å²) in [6.07, 6.45) is -0.539. The Hall–Kier alpha value is -2.28. The van der Waals surface area contributed by atoms with Gasteiger partial charge in [0.25, 0.3) is 0 Å². The van der Waals surface area contributed by atoms with Crippen molar-refractivity contribution in [3.63, 3.8) is 0 Å². The van der Waals surface area contributed by atoms with Crippen LogP contribution in [0.25, 0.3) is 0 Å². The van der Waals surface area contributed by atoms with Crippen molar-refractivity contribution in [1.82, 2.24) is 5.32 Å². The van der Waals surface area contributed by atoms with Crippen LogP contribution in [0.2, 0.25) is 0 Å². The van der Waals surface area contributed by atoms with E-state index in [1.165, 1.54) is 4.90 Å². The third-order valence-corrected chi connectivity index (χ3v) is 4.27. The van der Waals surface area contributed by atoms with Crippen LogP contribution in [0.4, 0.5) is 10.5 Å². The van der Waals surface area contributed by atoms with Gasteiger partial charge in [-0.15, -0.1) is 11.6 Å². The molecule has 8 heteroatoms. The van der Waals surface area contributed by atoms with Gasteiger partial charge in [-0.2, -0.15) is 0 Å². The molecule has 1 heterocycles. The lowest BCUT2D eigenvalue weighted by Gasteiger charge is -2.26. The molecule has 0 aromatic heterocycles. The zero-order chi connectivity index (χ0) is 20.2. The first kappa shape index (κ1) is 21.0. The standard InChI is InChI=1S/C19H25ClN2O5/c1-5-26-16(23)11-22-15-9-7-6-8-12(15)13(20)10-14(17(22)24)21-18(25)27-19(2,3)4/h6-9,13-14H,5,10-11H2,1-4H3,(H,21,25)/t13?,14-/m0/s1. The second-order valence-electron chi connectivity index (χ2n) is 7.19. The van der Waals surface area contributed by atoms with Gasteiger partial charge in [0, 0.05) is 5.69 Å². The van der Waals surface area contributed by atoms with Gasteiger partial charge in [0.2, 0.25) is 5.91 Å². The first-order chi connectivity index (χ1) is 12.6. The van der Waals surface area contributed by atoms with E-state index in [4.69, 9.17) is 21.1 Å². The van der Waals surface area contributed by atoms with Crippen LogP contribution in [-0.4, -0.2) is 42.8 Å². The molecule has 2 rings (SSSR count). The highest BCUT2D eigenvalue weighted by Crippen LogP contribution is 2.37. The van der Waals surface area contributed by atoms with Crippen molar-refractivity contribution in [3.05, 3.63) is 29.8 Å². The number of hydrogen-bond donors (Lipinski definition) is 1. The second-order valence-corrected chi connectivity index (χ2v) is 7.72. The molecule has 148 valence electrons. The quantitative estimate of drug-likeness (QED) is 0.624. The highest BCUT2D eigenvalue weighted by Gasteiger charge is 2.37. The largest absolute Gasteiger partial charge is 0.465 e. The van der Waals surface area contributed by atoms with Crippen molar-refractivity contribution in [3.8, 4) is 0 Å². The molecule has 27 heavy (non-hydrogen) atoms. The Morgan fingerprint density at radius 3 is 2.59 bits per heavy atom. The Labute approximate surface area is 163 Å². The van der Waals surface area contributed by atoms with Gasteiger partial charge in [0.15, 0.2) is 0 Å². The number of esters is 1. The summed E-state index contributed by atoms with van der Waals surface area (Å²) in [6, 6.07) is 6.16. The monoisotopic (exact) mass is 396 g/mol. The number of hydrogen-bond acceptors (Lipinski definition) is 5. The molecule has 0 spiro atoms. The molecule has 0 fully saturated rings. The minimum atomic E-state index is -0.927. The number of fused-ring (bicyclic) bond motifs is 1. The summed E-state index contributed by atoms with van der Waals surface area (Å²) in [5.41, 5.74) is 0.542. The number of benzene rings is 1.